The number of carbonyl (C=O) groups excluding carboxylic acids is 1. The minimum Gasteiger partial charge on any atom is -0.381 e. The molecule has 7 heteroatoms. The molecule has 1 aliphatic heterocycles. The van der Waals surface area contributed by atoms with E-state index in [-0.39, 0.29) is 22.9 Å². The fourth-order valence-corrected chi connectivity index (χ4v) is 3.24. The molecule has 1 aliphatic carbocycles. The Bertz CT molecular complexity index is 551. The van der Waals surface area contributed by atoms with Crippen LogP contribution in [0.5, 0.6) is 0 Å². The maximum Gasteiger partial charge on any atom is 0.433 e. The van der Waals surface area contributed by atoms with Gasteiger partial charge in [-0.25, -0.2) is 0 Å². The first kappa shape index (κ1) is 15.3. The third kappa shape index (κ3) is 2.82. The number of nitrogens with zero attached hydrogens (tertiary/aromatic N) is 1. The molecule has 0 aromatic carbocycles. The zero-order chi connectivity index (χ0) is 15.8. The average Bonchev–Trinajstić information content (AvgIpc) is 2.51. The van der Waals surface area contributed by atoms with E-state index in [0.29, 0.717) is 13.2 Å². The number of alkyl halides is 3. The number of aromatic nitrogens is 1. The first-order valence-corrected chi connectivity index (χ1v) is 7.33. The molecule has 0 bridgehead atoms. The molecule has 2 heterocycles. The van der Waals surface area contributed by atoms with Gasteiger partial charge in [-0.15, -0.1) is 0 Å². The smallest absolute Gasteiger partial charge is 0.381 e. The van der Waals surface area contributed by atoms with Crippen molar-refractivity contribution in [2.45, 2.75) is 37.9 Å². The van der Waals surface area contributed by atoms with Crippen molar-refractivity contribution in [2.75, 3.05) is 13.2 Å². The summed E-state index contributed by atoms with van der Waals surface area (Å²) in [5.41, 5.74) is -0.733. The zero-order valence-electron chi connectivity index (χ0n) is 11.9. The molecular formula is C15H17F3N2O2. The van der Waals surface area contributed by atoms with E-state index >= 15 is 0 Å². The van der Waals surface area contributed by atoms with Gasteiger partial charge in [-0.1, -0.05) is 0 Å². The van der Waals surface area contributed by atoms with E-state index < -0.39 is 11.9 Å². The molecule has 3 rings (SSSR count). The Hall–Kier alpha value is -1.63. The number of ether oxygens (including phenoxy) is 1. The minimum absolute atomic E-state index is 0.0752. The Morgan fingerprint density at radius 2 is 2.00 bits per heavy atom. The number of carbonyl (C=O) groups is 1. The minimum atomic E-state index is -4.49. The van der Waals surface area contributed by atoms with Crippen LogP contribution in [0.25, 0.3) is 0 Å². The van der Waals surface area contributed by atoms with Crippen LogP contribution in [0.15, 0.2) is 18.3 Å². The van der Waals surface area contributed by atoms with Crippen LogP contribution in [0.4, 0.5) is 13.2 Å². The molecule has 0 radical (unpaired) electrons. The van der Waals surface area contributed by atoms with Crippen molar-refractivity contribution >= 4 is 5.91 Å². The molecule has 1 atom stereocenters. The number of hydrogen-bond acceptors (Lipinski definition) is 3. The van der Waals surface area contributed by atoms with E-state index in [9.17, 15) is 18.0 Å². The summed E-state index contributed by atoms with van der Waals surface area (Å²) in [5, 5.41) is 2.94. The molecule has 1 saturated carbocycles. The maximum absolute atomic E-state index is 12.5. The van der Waals surface area contributed by atoms with Gasteiger partial charge in [0.1, 0.15) is 5.69 Å². The first-order chi connectivity index (χ1) is 10.4. The molecular weight excluding hydrogens is 297 g/mol. The van der Waals surface area contributed by atoms with Crippen molar-refractivity contribution in [3.05, 3.63) is 29.6 Å². The largest absolute Gasteiger partial charge is 0.433 e. The second-order valence-electron chi connectivity index (χ2n) is 5.97. The van der Waals surface area contributed by atoms with Crippen molar-refractivity contribution < 1.29 is 22.7 Å². The van der Waals surface area contributed by atoms with Crippen molar-refractivity contribution in [3.8, 4) is 0 Å². The van der Waals surface area contributed by atoms with Crippen LogP contribution >= 0.6 is 0 Å². The van der Waals surface area contributed by atoms with Gasteiger partial charge in [0.2, 0.25) is 0 Å². The normalized spacial score (nSPS) is 23.9. The predicted octanol–water partition coefficient (Wildman–Crippen LogP) is 2.79. The van der Waals surface area contributed by atoms with Gasteiger partial charge in [-0.3, -0.25) is 9.78 Å². The van der Waals surface area contributed by atoms with Gasteiger partial charge in [-0.2, -0.15) is 13.2 Å². The van der Waals surface area contributed by atoms with E-state index in [4.69, 9.17) is 4.74 Å². The highest BCUT2D eigenvalue weighted by atomic mass is 19.4. The molecule has 1 N–H and O–H groups in total. The maximum atomic E-state index is 12.5. The van der Waals surface area contributed by atoms with Crippen LogP contribution in [0.2, 0.25) is 0 Å². The molecule has 1 spiro atoms. The molecule has 4 nitrogen and oxygen atoms in total. The molecule has 120 valence electrons. The van der Waals surface area contributed by atoms with Crippen LogP contribution in [-0.4, -0.2) is 30.1 Å². The predicted molar refractivity (Wildman–Crippen MR) is 72.2 cm³/mol. The molecule has 1 aromatic rings. The molecule has 1 amide bonds. The number of rotatable bonds is 2. The topological polar surface area (TPSA) is 51.2 Å². The quantitative estimate of drug-likeness (QED) is 0.913. The molecule has 1 saturated heterocycles. The molecule has 2 aliphatic rings. The lowest BCUT2D eigenvalue weighted by Gasteiger charge is -2.52. The number of pyridine rings is 1. The van der Waals surface area contributed by atoms with Crippen LogP contribution in [0.3, 0.4) is 0 Å². The van der Waals surface area contributed by atoms with Gasteiger partial charge in [0.05, 0.1) is 5.56 Å². The number of amides is 1. The summed E-state index contributed by atoms with van der Waals surface area (Å²) in [5.74, 6) is -0.364. The Kier molecular flexibility index (Phi) is 3.84. The lowest BCUT2D eigenvalue weighted by atomic mass is 9.60. The first-order valence-electron chi connectivity index (χ1n) is 7.33. The lowest BCUT2D eigenvalue weighted by Crippen LogP contribution is -2.57. The SMILES string of the molecule is O=C(NC1CCC12CCOCC2)c1ccc(C(F)(F)F)nc1. The second kappa shape index (κ2) is 5.53. The highest BCUT2D eigenvalue weighted by Crippen LogP contribution is 2.48. The summed E-state index contributed by atoms with van der Waals surface area (Å²) in [6, 6.07) is 2.08. The highest BCUT2D eigenvalue weighted by molar-refractivity contribution is 5.94. The van der Waals surface area contributed by atoms with E-state index in [1.807, 2.05) is 0 Å². The van der Waals surface area contributed by atoms with E-state index in [1.54, 1.807) is 0 Å². The monoisotopic (exact) mass is 314 g/mol. The Morgan fingerprint density at radius 3 is 2.50 bits per heavy atom. The van der Waals surface area contributed by atoms with Gasteiger partial charge in [-0.05, 0) is 43.2 Å². The third-order valence-corrected chi connectivity index (χ3v) is 4.78. The summed E-state index contributed by atoms with van der Waals surface area (Å²) >= 11 is 0. The number of nitrogens with one attached hydrogen (secondary N) is 1. The average molecular weight is 314 g/mol. The third-order valence-electron chi connectivity index (χ3n) is 4.78. The number of halogens is 3. The Labute approximate surface area is 126 Å². The Morgan fingerprint density at radius 1 is 1.27 bits per heavy atom. The van der Waals surface area contributed by atoms with Crippen molar-refractivity contribution in [1.29, 1.82) is 0 Å². The summed E-state index contributed by atoms with van der Waals surface area (Å²) in [4.78, 5) is 15.5. The highest BCUT2D eigenvalue weighted by Gasteiger charge is 2.48. The fourth-order valence-electron chi connectivity index (χ4n) is 3.24. The van der Waals surface area contributed by atoms with Crippen LogP contribution in [0, 0.1) is 5.41 Å². The van der Waals surface area contributed by atoms with Crippen LogP contribution in [-0.2, 0) is 10.9 Å². The van der Waals surface area contributed by atoms with E-state index in [2.05, 4.69) is 10.3 Å². The van der Waals surface area contributed by atoms with Gasteiger partial charge in [0.25, 0.3) is 5.91 Å². The van der Waals surface area contributed by atoms with Crippen molar-refractivity contribution in [3.63, 3.8) is 0 Å². The standard InChI is InChI=1S/C15H17F3N2O2/c16-15(17,18)12-2-1-10(9-19-12)13(21)20-11-3-4-14(11)5-7-22-8-6-14/h1-2,9,11H,3-8H2,(H,20,21). The Balaban J connectivity index is 1.65. The van der Waals surface area contributed by atoms with E-state index in [0.717, 1.165) is 37.9 Å². The summed E-state index contributed by atoms with van der Waals surface area (Å²) in [6.07, 6.45) is 0.293. The summed E-state index contributed by atoms with van der Waals surface area (Å²) in [7, 11) is 0. The van der Waals surface area contributed by atoms with Gasteiger partial charge in [0.15, 0.2) is 0 Å². The summed E-state index contributed by atoms with van der Waals surface area (Å²) in [6.45, 7) is 1.41. The molecule has 1 unspecified atom stereocenters. The van der Waals surface area contributed by atoms with E-state index in [1.165, 1.54) is 6.07 Å². The van der Waals surface area contributed by atoms with Gasteiger partial charge >= 0.3 is 6.18 Å². The number of hydrogen-bond donors (Lipinski definition) is 1. The fraction of sp³-hybridized carbons (Fsp3) is 0.600. The molecule has 1 aromatic heterocycles. The van der Waals surface area contributed by atoms with Gasteiger partial charge in [0, 0.05) is 25.5 Å². The van der Waals surface area contributed by atoms with Gasteiger partial charge < -0.3 is 10.1 Å². The second-order valence-corrected chi connectivity index (χ2v) is 5.97. The lowest BCUT2D eigenvalue weighted by molar-refractivity contribution is -0.141. The van der Waals surface area contributed by atoms with Crippen molar-refractivity contribution in [2.24, 2.45) is 5.41 Å². The van der Waals surface area contributed by atoms with Crippen LogP contribution < -0.4 is 5.32 Å². The summed E-state index contributed by atoms with van der Waals surface area (Å²) < 4.78 is 42.7. The molecule has 22 heavy (non-hydrogen) atoms. The molecule has 2 fully saturated rings. The zero-order valence-corrected chi connectivity index (χ0v) is 11.9. The van der Waals surface area contributed by atoms with Crippen molar-refractivity contribution in [1.82, 2.24) is 10.3 Å². The van der Waals surface area contributed by atoms with Crippen LogP contribution in [0.1, 0.15) is 41.7 Å².